The van der Waals surface area contributed by atoms with Crippen molar-refractivity contribution in [1.82, 2.24) is 20.0 Å². The molecule has 4 saturated heterocycles. The van der Waals surface area contributed by atoms with E-state index in [0.29, 0.717) is 13.1 Å². The number of ether oxygens (including phenoxy) is 1. The fourth-order valence-corrected chi connectivity index (χ4v) is 11.4. The number of amides is 2. The van der Waals surface area contributed by atoms with Gasteiger partial charge >= 0.3 is 6.09 Å². The first kappa shape index (κ1) is 37.7. The molecule has 5 aliphatic rings. The molecule has 7 rings (SSSR count). The molecule has 0 aromatic heterocycles. The van der Waals surface area contributed by atoms with Crippen molar-refractivity contribution in [2.24, 2.45) is 11.8 Å². The molecule has 2 amide bonds. The number of alkyl halides is 1. The van der Waals surface area contributed by atoms with Crippen LogP contribution in [0.1, 0.15) is 44.1 Å². The lowest BCUT2D eigenvalue weighted by atomic mass is 9.57. The summed E-state index contributed by atoms with van der Waals surface area (Å²) in [6.45, 7) is 7.70. The molecule has 4 heterocycles. The van der Waals surface area contributed by atoms with Crippen LogP contribution in [-0.2, 0) is 24.8 Å². The smallest absolute Gasteiger partial charge is 0.407 e. The molecule has 1 saturated carbocycles. The van der Waals surface area contributed by atoms with Crippen LogP contribution in [0.3, 0.4) is 0 Å². The minimum Gasteiger partial charge on any atom is -0.453 e. The Kier molecular flexibility index (Phi) is 10.6. The van der Waals surface area contributed by atoms with Crippen molar-refractivity contribution < 1.29 is 35.9 Å². The van der Waals surface area contributed by atoms with Crippen LogP contribution < -0.4 is 10.2 Å². The second kappa shape index (κ2) is 14.9. The van der Waals surface area contributed by atoms with E-state index >= 15 is 8.78 Å². The van der Waals surface area contributed by atoms with E-state index in [9.17, 15) is 22.4 Å². The monoisotopic (exact) mass is 757 g/mol. The van der Waals surface area contributed by atoms with Gasteiger partial charge in [-0.3, -0.25) is 9.69 Å². The van der Waals surface area contributed by atoms with E-state index in [2.05, 4.69) is 21.7 Å². The molecule has 14 heteroatoms. The van der Waals surface area contributed by atoms with Crippen molar-refractivity contribution in [3.8, 4) is 0 Å². The lowest BCUT2D eigenvalue weighted by Gasteiger charge is -2.54. The maximum atomic E-state index is 16.2. The van der Waals surface area contributed by atoms with Crippen molar-refractivity contribution in [3.05, 3.63) is 72.3 Å². The number of methoxy groups -OCH3 is 1. The zero-order valence-corrected chi connectivity index (χ0v) is 31.1. The second-order valence-electron chi connectivity index (χ2n) is 15.7. The third-order valence-corrected chi connectivity index (χ3v) is 14.7. The Balaban J connectivity index is 1.02. The molecule has 10 nitrogen and oxygen atoms in total. The molecule has 1 aliphatic carbocycles. The highest BCUT2D eigenvalue weighted by Crippen LogP contribution is 2.52. The molecule has 288 valence electrons. The summed E-state index contributed by atoms with van der Waals surface area (Å²) in [4.78, 5) is 31.6. The van der Waals surface area contributed by atoms with Crippen LogP contribution in [0.4, 0.5) is 23.7 Å². The molecule has 5 fully saturated rings. The second-order valence-corrected chi connectivity index (χ2v) is 18.0. The number of carbonyl (C=O) groups is 2. The first-order valence-electron chi connectivity index (χ1n) is 18.8. The Labute approximate surface area is 310 Å². The molecule has 2 aromatic carbocycles. The zero-order chi connectivity index (χ0) is 37.5. The van der Waals surface area contributed by atoms with E-state index in [4.69, 9.17) is 4.74 Å². The molecule has 4 aliphatic heterocycles. The van der Waals surface area contributed by atoms with Gasteiger partial charge in [-0.05, 0) is 112 Å². The van der Waals surface area contributed by atoms with Crippen molar-refractivity contribution in [3.63, 3.8) is 0 Å². The lowest BCUT2D eigenvalue weighted by Crippen LogP contribution is -2.65. The molecular weight excluding hydrogens is 708 g/mol. The number of hydrogen-bond acceptors (Lipinski definition) is 8. The summed E-state index contributed by atoms with van der Waals surface area (Å²) in [5.74, 6) is -1.10. The van der Waals surface area contributed by atoms with Gasteiger partial charge in [-0.2, -0.15) is 0 Å². The number of carbonyl (C=O) groups excluding carboxylic acids is 2. The third-order valence-electron chi connectivity index (χ3n) is 12.6. The summed E-state index contributed by atoms with van der Waals surface area (Å²) in [6.07, 6.45) is 6.05. The summed E-state index contributed by atoms with van der Waals surface area (Å²) in [5.41, 5.74) is -0.864. The number of halogens is 3. The molecular formula is C39H50F3N5O5S. The minimum atomic E-state index is -3.84. The maximum absolute atomic E-state index is 16.2. The number of nitrogens with zero attached hydrogens (tertiary/aromatic N) is 4. The van der Waals surface area contributed by atoms with Gasteiger partial charge in [0.25, 0.3) is 0 Å². The molecule has 0 bridgehead atoms. The van der Waals surface area contributed by atoms with E-state index in [0.717, 1.165) is 75.9 Å². The van der Waals surface area contributed by atoms with Gasteiger partial charge in [-0.1, -0.05) is 25.1 Å². The van der Waals surface area contributed by atoms with Gasteiger partial charge in [0.05, 0.1) is 30.8 Å². The van der Waals surface area contributed by atoms with Crippen molar-refractivity contribution in [1.29, 1.82) is 0 Å². The Hall–Kier alpha value is -3.62. The van der Waals surface area contributed by atoms with Gasteiger partial charge in [-0.25, -0.2) is 26.4 Å². The number of alkyl carbamates (subject to hydrolysis) is 1. The normalized spacial score (nSPS) is 25.1. The van der Waals surface area contributed by atoms with Crippen LogP contribution in [-0.4, -0.2) is 125 Å². The first-order valence-corrected chi connectivity index (χ1v) is 20.3. The third kappa shape index (κ3) is 7.30. The van der Waals surface area contributed by atoms with Crippen LogP contribution in [0.2, 0.25) is 0 Å². The van der Waals surface area contributed by atoms with Crippen molar-refractivity contribution in [2.75, 3.05) is 77.5 Å². The molecule has 1 N–H and O–H groups in total. The SMILES string of the molecule is C=CC(=O)N1CC(S(=O)(=O)c2ccc(N3CC(F)(CN4CCC([C@@](CN5CCC5)(c5cccc(F)c5)[C@H]5CCC[C@@H]5NC(=O)OC)CC4)C3)c(F)c2)C1. The van der Waals surface area contributed by atoms with Gasteiger partial charge in [0.1, 0.15) is 16.9 Å². The molecule has 2 aromatic rings. The summed E-state index contributed by atoms with van der Waals surface area (Å²) >= 11 is 0. The fourth-order valence-electron chi connectivity index (χ4n) is 9.71. The lowest BCUT2D eigenvalue weighted by molar-refractivity contribution is -0.129. The number of likely N-dealkylation sites (tertiary alicyclic amines) is 3. The Bertz CT molecular complexity index is 1810. The van der Waals surface area contributed by atoms with Gasteiger partial charge < -0.3 is 24.8 Å². The average Bonchev–Trinajstić information content (AvgIpc) is 3.54. The fraction of sp³-hybridized carbons (Fsp3) is 0.590. The largest absolute Gasteiger partial charge is 0.453 e. The number of hydrogen-bond donors (Lipinski definition) is 1. The average molecular weight is 758 g/mol. The van der Waals surface area contributed by atoms with Crippen LogP contribution in [0.25, 0.3) is 0 Å². The quantitative estimate of drug-likeness (QED) is 0.315. The van der Waals surface area contributed by atoms with E-state index < -0.39 is 38.1 Å². The van der Waals surface area contributed by atoms with E-state index in [1.807, 2.05) is 6.07 Å². The van der Waals surface area contributed by atoms with E-state index in [-0.39, 0.29) is 72.9 Å². The molecule has 0 radical (unpaired) electrons. The zero-order valence-electron chi connectivity index (χ0n) is 30.3. The van der Waals surface area contributed by atoms with Crippen LogP contribution in [0, 0.1) is 23.5 Å². The number of sulfone groups is 1. The molecule has 0 spiro atoms. The predicted molar refractivity (Wildman–Crippen MR) is 195 cm³/mol. The van der Waals surface area contributed by atoms with Crippen LogP contribution in [0.15, 0.2) is 60.0 Å². The predicted octanol–water partition coefficient (Wildman–Crippen LogP) is 4.54. The highest BCUT2D eigenvalue weighted by molar-refractivity contribution is 7.92. The maximum Gasteiger partial charge on any atom is 0.407 e. The highest BCUT2D eigenvalue weighted by Gasteiger charge is 2.54. The minimum absolute atomic E-state index is 0.0116. The van der Waals surface area contributed by atoms with E-state index in [1.165, 1.54) is 30.2 Å². The van der Waals surface area contributed by atoms with Gasteiger partial charge in [0, 0.05) is 37.6 Å². The highest BCUT2D eigenvalue weighted by atomic mass is 32.2. The summed E-state index contributed by atoms with van der Waals surface area (Å²) in [7, 11) is -2.47. The number of piperidine rings is 1. The van der Waals surface area contributed by atoms with Crippen molar-refractivity contribution in [2.45, 2.75) is 65.8 Å². The van der Waals surface area contributed by atoms with Crippen LogP contribution in [0.5, 0.6) is 0 Å². The Morgan fingerprint density at radius 2 is 1.74 bits per heavy atom. The molecule has 3 atom stereocenters. The number of anilines is 1. The van der Waals surface area contributed by atoms with Gasteiger partial charge in [0.15, 0.2) is 15.5 Å². The van der Waals surface area contributed by atoms with Gasteiger partial charge in [0.2, 0.25) is 5.91 Å². The number of rotatable bonds is 12. The van der Waals surface area contributed by atoms with E-state index in [1.54, 1.807) is 17.0 Å². The summed E-state index contributed by atoms with van der Waals surface area (Å²) < 4.78 is 77.6. The van der Waals surface area contributed by atoms with Crippen LogP contribution >= 0.6 is 0 Å². The number of benzene rings is 2. The molecule has 0 unspecified atom stereocenters. The summed E-state index contributed by atoms with van der Waals surface area (Å²) in [5, 5.41) is 2.30. The topological polar surface area (TPSA) is 103 Å². The summed E-state index contributed by atoms with van der Waals surface area (Å²) in [6, 6.07) is 10.6. The molecule has 53 heavy (non-hydrogen) atoms. The first-order chi connectivity index (χ1) is 25.3. The Morgan fingerprint density at radius 1 is 1.00 bits per heavy atom. The van der Waals surface area contributed by atoms with Crippen molar-refractivity contribution >= 4 is 27.5 Å². The standard InChI is InChI=1S/C39H50F3N5O5S/c1-3-36(48)46-21-31(22-46)53(50,51)30-11-12-35(33(41)20-30)47-24-38(42,25-47)23-45-17-13-27(14-18-45)39(26-44-15-6-16-44,28-7-4-8-29(40)19-28)32-9-5-10-34(32)43-37(49)52-2/h3-4,7-8,11-12,19-20,27,31-32,34H,1,5-6,9-10,13-18,21-26H2,2H3,(H,43,49)/t32-,34-,39-/m0/s1. The number of nitrogens with one attached hydrogen (secondary N) is 1. The van der Waals surface area contributed by atoms with Gasteiger partial charge in [-0.15, -0.1) is 0 Å². The Morgan fingerprint density at radius 3 is 2.36 bits per heavy atom.